The predicted octanol–water partition coefficient (Wildman–Crippen LogP) is 3.97. The molecule has 230 valence electrons. The van der Waals surface area contributed by atoms with Crippen molar-refractivity contribution in [3.63, 3.8) is 0 Å². The Balaban J connectivity index is 1.41. The van der Waals surface area contributed by atoms with Crippen LogP contribution < -0.4 is 15.4 Å². The molecular formula is C27H26F6N6O4. The maximum Gasteiger partial charge on any atom is 0.430 e. The number of hydrogen-bond donors (Lipinski definition) is 2. The number of anilines is 2. The van der Waals surface area contributed by atoms with Gasteiger partial charge in [-0.25, -0.2) is 4.79 Å². The first-order chi connectivity index (χ1) is 20.2. The van der Waals surface area contributed by atoms with Gasteiger partial charge in [0.15, 0.2) is 0 Å². The van der Waals surface area contributed by atoms with Crippen LogP contribution in [0, 0.1) is 0 Å². The first-order valence-corrected chi connectivity index (χ1v) is 12.7. The third-order valence-corrected chi connectivity index (χ3v) is 6.97. The minimum absolute atomic E-state index is 0.200. The molecule has 1 aromatic heterocycles. The molecule has 3 N–H and O–H groups in total. The Hall–Kier alpha value is -4.44. The molecule has 4 rings (SSSR count). The number of urea groups is 1. The van der Waals surface area contributed by atoms with E-state index in [-0.39, 0.29) is 29.5 Å². The number of alkyl halides is 6. The molecule has 0 saturated carbocycles. The van der Waals surface area contributed by atoms with Crippen LogP contribution in [0.2, 0.25) is 0 Å². The molecule has 3 aromatic rings. The van der Waals surface area contributed by atoms with Gasteiger partial charge in [0.1, 0.15) is 5.75 Å². The Morgan fingerprint density at radius 2 is 1.58 bits per heavy atom. The summed E-state index contributed by atoms with van der Waals surface area (Å²) in [6.45, 7) is 1.54. The molecular weight excluding hydrogens is 586 g/mol. The highest BCUT2D eigenvalue weighted by Gasteiger charge is 2.71. The quantitative estimate of drug-likeness (QED) is 0.387. The van der Waals surface area contributed by atoms with Crippen LogP contribution in [0.15, 0.2) is 60.9 Å². The lowest BCUT2D eigenvalue weighted by Crippen LogP contribution is -2.53. The number of rotatable bonds is 7. The Kier molecular flexibility index (Phi) is 8.82. The van der Waals surface area contributed by atoms with Crippen LogP contribution in [0.1, 0.15) is 21.5 Å². The molecule has 0 bridgehead atoms. The second-order valence-corrected chi connectivity index (χ2v) is 9.63. The largest absolute Gasteiger partial charge is 0.495 e. The number of amides is 3. The van der Waals surface area contributed by atoms with E-state index in [9.17, 15) is 41.0 Å². The van der Waals surface area contributed by atoms with Crippen molar-refractivity contribution in [3.05, 3.63) is 77.6 Å². The summed E-state index contributed by atoms with van der Waals surface area (Å²) in [5, 5.41) is 17.0. The van der Waals surface area contributed by atoms with Crippen molar-refractivity contribution in [2.45, 2.75) is 24.5 Å². The summed E-state index contributed by atoms with van der Waals surface area (Å²) in [4.78, 5) is 30.1. The molecule has 0 unspecified atom stereocenters. The van der Waals surface area contributed by atoms with Gasteiger partial charge in [-0.3, -0.25) is 14.6 Å². The number of aromatic nitrogens is 2. The van der Waals surface area contributed by atoms with Gasteiger partial charge in [-0.1, -0.05) is 24.3 Å². The number of halogens is 6. The second kappa shape index (κ2) is 12.0. The summed E-state index contributed by atoms with van der Waals surface area (Å²) >= 11 is 0. The van der Waals surface area contributed by atoms with Crippen LogP contribution in [0.5, 0.6) is 5.75 Å². The summed E-state index contributed by atoms with van der Waals surface area (Å²) in [5.74, 6) is -0.116. The Morgan fingerprint density at radius 3 is 2.09 bits per heavy atom. The van der Waals surface area contributed by atoms with Crippen LogP contribution in [0.4, 0.5) is 42.5 Å². The molecule has 2 aromatic carbocycles. The van der Waals surface area contributed by atoms with Crippen molar-refractivity contribution in [2.75, 3.05) is 38.2 Å². The molecule has 1 fully saturated rings. The Labute approximate surface area is 241 Å². The third-order valence-electron chi connectivity index (χ3n) is 6.97. The van der Waals surface area contributed by atoms with Crippen molar-refractivity contribution >= 4 is 23.3 Å². The molecule has 10 nitrogen and oxygen atoms in total. The molecule has 0 aliphatic carbocycles. The van der Waals surface area contributed by atoms with E-state index in [1.165, 1.54) is 43.8 Å². The molecule has 1 saturated heterocycles. The molecule has 16 heteroatoms. The van der Waals surface area contributed by atoms with Crippen molar-refractivity contribution in [2.24, 2.45) is 5.73 Å². The zero-order valence-corrected chi connectivity index (χ0v) is 22.6. The van der Waals surface area contributed by atoms with Crippen molar-refractivity contribution in [1.29, 1.82) is 0 Å². The average Bonchev–Trinajstić information content (AvgIpc) is 2.96. The van der Waals surface area contributed by atoms with E-state index in [0.717, 1.165) is 17.0 Å². The SMILES string of the molecule is COc1cc(C(=O)N2CCN(Cc3ccc(C(O)(C(F)(F)F)C(F)(F)F)cc3)CC2)ccc1N(C(N)=O)c1ccnnc1. The van der Waals surface area contributed by atoms with Gasteiger partial charge in [-0.2, -0.15) is 36.5 Å². The highest BCUT2D eigenvalue weighted by Crippen LogP contribution is 2.50. The predicted molar refractivity (Wildman–Crippen MR) is 140 cm³/mol. The number of ether oxygens (including phenoxy) is 1. The number of aliphatic hydroxyl groups is 1. The maximum atomic E-state index is 13.2. The second-order valence-electron chi connectivity index (χ2n) is 9.63. The van der Waals surface area contributed by atoms with Crippen molar-refractivity contribution < 1.29 is 45.8 Å². The number of primary amides is 1. The average molecular weight is 613 g/mol. The summed E-state index contributed by atoms with van der Waals surface area (Å²) in [6, 6.07) is 8.62. The van der Waals surface area contributed by atoms with Crippen molar-refractivity contribution in [1.82, 2.24) is 20.0 Å². The van der Waals surface area contributed by atoms with Gasteiger partial charge in [0.05, 0.1) is 30.9 Å². The summed E-state index contributed by atoms with van der Waals surface area (Å²) < 4.78 is 84.3. The van der Waals surface area contributed by atoms with Crippen molar-refractivity contribution in [3.8, 4) is 5.75 Å². The topological polar surface area (TPSA) is 125 Å². The van der Waals surface area contributed by atoms with E-state index in [4.69, 9.17) is 10.5 Å². The van der Waals surface area contributed by atoms with Gasteiger partial charge in [0, 0.05) is 43.9 Å². The number of carbonyl (C=O) groups excluding carboxylic acids is 2. The lowest BCUT2D eigenvalue weighted by molar-refractivity contribution is -0.376. The monoisotopic (exact) mass is 612 g/mol. The van der Waals surface area contributed by atoms with Gasteiger partial charge in [-0.15, -0.1) is 0 Å². The van der Waals surface area contributed by atoms with Gasteiger partial charge >= 0.3 is 18.4 Å². The smallest absolute Gasteiger partial charge is 0.430 e. The number of piperazine rings is 1. The highest BCUT2D eigenvalue weighted by atomic mass is 19.4. The molecule has 0 spiro atoms. The first kappa shape index (κ1) is 31.5. The zero-order valence-electron chi connectivity index (χ0n) is 22.6. The fraction of sp³-hybridized carbons (Fsp3) is 0.333. The number of nitrogens with two attached hydrogens (primary N) is 1. The van der Waals surface area contributed by atoms with Gasteiger partial charge in [0.25, 0.3) is 11.5 Å². The summed E-state index contributed by atoms with van der Waals surface area (Å²) in [6.07, 6.45) is -9.20. The fourth-order valence-corrected chi connectivity index (χ4v) is 4.69. The number of carbonyl (C=O) groups is 2. The maximum absolute atomic E-state index is 13.2. The molecule has 2 heterocycles. The van der Waals surface area contributed by atoms with E-state index < -0.39 is 29.5 Å². The van der Waals surface area contributed by atoms with Gasteiger partial charge in [0.2, 0.25) is 0 Å². The van der Waals surface area contributed by atoms with E-state index in [1.807, 2.05) is 4.90 Å². The van der Waals surface area contributed by atoms with E-state index >= 15 is 0 Å². The lowest BCUT2D eigenvalue weighted by atomic mass is 9.91. The minimum atomic E-state index is -5.96. The molecule has 3 amide bonds. The van der Waals surface area contributed by atoms with Gasteiger partial charge in [-0.05, 0) is 29.8 Å². The fourth-order valence-electron chi connectivity index (χ4n) is 4.69. The standard InChI is InChI=1S/C27H26F6N6O4/c1-43-22-14-18(4-7-21(22)39(24(34)41)20-8-9-35-36-15-20)23(40)38-12-10-37(11-13-38)16-17-2-5-19(6-3-17)25(42,26(28,29)30)27(31,32)33/h2-9,14-15,42H,10-13,16H2,1H3,(H2,34,41). The minimum Gasteiger partial charge on any atom is -0.495 e. The molecule has 1 aliphatic heterocycles. The first-order valence-electron chi connectivity index (χ1n) is 12.7. The van der Waals surface area contributed by atoms with E-state index in [2.05, 4.69) is 10.2 Å². The number of hydrogen-bond acceptors (Lipinski definition) is 7. The molecule has 1 aliphatic rings. The van der Waals surface area contributed by atoms with E-state index in [1.54, 1.807) is 4.90 Å². The number of nitrogens with zero attached hydrogens (tertiary/aromatic N) is 5. The summed E-state index contributed by atoms with van der Waals surface area (Å²) in [5.41, 5.74) is 0.578. The van der Waals surface area contributed by atoms with Crippen LogP contribution >= 0.6 is 0 Å². The van der Waals surface area contributed by atoms with Crippen LogP contribution in [-0.2, 0) is 12.1 Å². The Morgan fingerprint density at radius 1 is 0.953 bits per heavy atom. The third kappa shape index (κ3) is 6.34. The van der Waals surface area contributed by atoms with E-state index in [0.29, 0.717) is 49.6 Å². The molecule has 0 radical (unpaired) electrons. The summed E-state index contributed by atoms with van der Waals surface area (Å²) in [7, 11) is 1.37. The normalized spacial score (nSPS) is 14.8. The number of benzene rings is 2. The van der Waals surface area contributed by atoms with Crippen LogP contribution in [-0.4, -0.2) is 82.7 Å². The molecule has 43 heavy (non-hydrogen) atoms. The van der Waals surface area contributed by atoms with Crippen LogP contribution in [0.25, 0.3) is 0 Å². The van der Waals surface area contributed by atoms with Gasteiger partial charge < -0.3 is 20.5 Å². The highest BCUT2D eigenvalue weighted by molar-refractivity contribution is 6.01. The Bertz CT molecular complexity index is 1430. The number of methoxy groups -OCH3 is 1. The van der Waals surface area contributed by atoms with Crippen LogP contribution in [0.3, 0.4) is 0 Å². The zero-order chi connectivity index (χ0) is 31.6. The molecule has 0 atom stereocenters. The lowest BCUT2D eigenvalue weighted by Gasteiger charge is -2.35.